The summed E-state index contributed by atoms with van der Waals surface area (Å²) < 4.78 is 10.2. The number of carbonyl (C=O) groups excluding carboxylic acids is 3. The SMILES string of the molecule is CCOC(=O)c1sc(-c2ccccc2)cc1NC(=O)COC(=O)CC1CCCC1. The number of esters is 2. The second kappa shape index (κ2) is 10.2. The van der Waals surface area contributed by atoms with Gasteiger partial charge in [-0.25, -0.2) is 4.79 Å². The van der Waals surface area contributed by atoms with Crippen LogP contribution < -0.4 is 5.32 Å². The first-order valence-electron chi connectivity index (χ1n) is 9.88. The zero-order valence-electron chi connectivity index (χ0n) is 16.4. The monoisotopic (exact) mass is 415 g/mol. The van der Waals surface area contributed by atoms with Crippen molar-refractivity contribution in [2.24, 2.45) is 5.92 Å². The minimum absolute atomic E-state index is 0.240. The Morgan fingerprint density at radius 1 is 1.10 bits per heavy atom. The van der Waals surface area contributed by atoms with Gasteiger partial charge in [-0.15, -0.1) is 11.3 Å². The summed E-state index contributed by atoms with van der Waals surface area (Å²) in [5.41, 5.74) is 1.30. The maximum absolute atomic E-state index is 12.3. The molecule has 154 valence electrons. The van der Waals surface area contributed by atoms with Gasteiger partial charge in [-0.1, -0.05) is 43.2 Å². The summed E-state index contributed by atoms with van der Waals surface area (Å²) in [6.45, 7) is 1.60. The molecule has 1 amide bonds. The molecule has 3 rings (SSSR count). The molecule has 1 aromatic carbocycles. The van der Waals surface area contributed by atoms with E-state index in [9.17, 15) is 14.4 Å². The summed E-state index contributed by atoms with van der Waals surface area (Å²) in [5.74, 6) is -0.958. The van der Waals surface area contributed by atoms with Gasteiger partial charge in [0.05, 0.1) is 12.3 Å². The Morgan fingerprint density at radius 3 is 2.52 bits per heavy atom. The molecule has 1 aliphatic rings. The number of anilines is 1. The van der Waals surface area contributed by atoms with Crippen LogP contribution in [0.4, 0.5) is 5.69 Å². The zero-order valence-corrected chi connectivity index (χ0v) is 17.3. The Hall–Kier alpha value is -2.67. The number of benzene rings is 1. The van der Waals surface area contributed by atoms with Crippen LogP contribution in [0.15, 0.2) is 36.4 Å². The molecule has 1 fully saturated rings. The van der Waals surface area contributed by atoms with Crippen LogP contribution >= 0.6 is 11.3 Å². The summed E-state index contributed by atoms with van der Waals surface area (Å²) in [6.07, 6.45) is 4.74. The van der Waals surface area contributed by atoms with Crippen molar-refractivity contribution in [3.8, 4) is 10.4 Å². The topological polar surface area (TPSA) is 81.7 Å². The van der Waals surface area contributed by atoms with E-state index in [0.717, 1.165) is 36.1 Å². The van der Waals surface area contributed by atoms with Gasteiger partial charge >= 0.3 is 11.9 Å². The average molecular weight is 416 g/mol. The van der Waals surface area contributed by atoms with Crippen LogP contribution in [0.3, 0.4) is 0 Å². The lowest BCUT2D eigenvalue weighted by Crippen LogP contribution is -2.22. The Kier molecular flexibility index (Phi) is 7.41. The second-order valence-electron chi connectivity index (χ2n) is 7.00. The second-order valence-corrected chi connectivity index (χ2v) is 8.06. The highest BCUT2D eigenvalue weighted by Gasteiger charge is 2.22. The first kappa shape index (κ1) is 21.0. The van der Waals surface area contributed by atoms with Crippen LogP contribution in [0.25, 0.3) is 10.4 Å². The molecule has 0 bridgehead atoms. The first-order chi connectivity index (χ1) is 14.1. The van der Waals surface area contributed by atoms with Crippen molar-refractivity contribution in [1.82, 2.24) is 0 Å². The van der Waals surface area contributed by atoms with Crippen molar-refractivity contribution in [2.75, 3.05) is 18.5 Å². The quantitative estimate of drug-likeness (QED) is 0.635. The Bertz CT molecular complexity index is 855. The highest BCUT2D eigenvalue weighted by Crippen LogP contribution is 2.35. The molecule has 6 nitrogen and oxygen atoms in total. The van der Waals surface area contributed by atoms with Gasteiger partial charge in [0, 0.05) is 11.3 Å². The maximum atomic E-state index is 12.3. The van der Waals surface area contributed by atoms with Gasteiger partial charge in [0.25, 0.3) is 5.91 Å². The third kappa shape index (κ3) is 5.90. The molecular formula is C22H25NO5S. The molecule has 0 radical (unpaired) electrons. The molecular weight excluding hydrogens is 390 g/mol. The molecule has 0 saturated heterocycles. The van der Waals surface area contributed by atoms with Crippen molar-refractivity contribution in [3.63, 3.8) is 0 Å². The summed E-state index contributed by atoms with van der Waals surface area (Å²) >= 11 is 1.25. The molecule has 0 unspecified atom stereocenters. The molecule has 0 spiro atoms. The Labute approximate surface area is 174 Å². The van der Waals surface area contributed by atoms with E-state index in [2.05, 4.69) is 5.32 Å². The largest absolute Gasteiger partial charge is 0.462 e. The fourth-order valence-corrected chi connectivity index (χ4v) is 4.43. The number of hydrogen-bond donors (Lipinski definition) is 1. The maximum Gasteiger partial charge on any atom is 0.350 e. The van der Waals surface area contributed by atoms with E-state index >= 15 is 0 Å². The molecule has 1 heterocycles. The molecule has 7 heteroatoms. The third-order valence-electron chi connectivity index (χ3n) is 4.82. The molecule has 29 heavy (non-hydrogen) atoms. The first-order valence-corrected chi connectivity index (χ1v) is 10.7. The predicted octanol–water partition coefficient (Wildman–Crippen LogP) is 4.65. The minimum Gasteiger partial charge on any atom is -0.462 e. The predicted molar refractivity (Wildman–Crippen MR) is 112 cm³/mol. The number of amides is 1. The normalized spacial score (nSPS) is 13.8. The number of nitrogens with one attached hydrogen (secondary N) is 1. The number of ether oxygens (including phenoxy) is 2. The molecule has 1 aliphatic carbocycles. The minimum atomic E-state index is -0.492. The Balaban J connectivity index is 1.64. The van der Waals surface area contributed by atoms with Gasteiger partial charge in [-0.3, -0.25) is 9.59 Å². The van der Waals surface area contributed by atoms with Crippen LogP contribution in [-0.4, -0.2) is 31.1 Å². The molecule has 0 atom stereocenters. The lowest BCUT2D eigenvalue weighted by molar-refractivity contribution is -0.148. The number of rotatable bonds is 8. The average Bonchev–Trinajstić information content (AvgIpc) is 3.37. The van der Waals surface area contributed by atoms with Crippen LogP contribution in [0.1, 0.15) is 48.7 Å². The number of hydrogen-bond acceptors (Lipinski definition) is 6. The van der Waals surface area contributed by atoms with E-state index in [1.165, 1.54) is 11.3 Å². The van der Waals surface area contributed by atoms with Crippen LogP contribution in [0, 0.1) is 5.92 Å². The highest BCUT2D eigenvalue weighted by molar-refractivity contribution is 7.18. The lowest BCUT2D eigenvalue weighted by Gasteiger charge is -2.09. The van der Waals surface area contributed by atoms with Gasteiger partial charge in [-0.2, -0.15) is 0 Å². The molecule has 1 saturated carbocycles. The van der Waals surface area contributed by atoms with Crippen LogP contribution in [0.2, 0.25) is 0 Å². The van der Waals surface area contributed by atoms with Crippen molar-refractivity contribution in [1.29, 1.82) is 0 Å². The Morgan fingerprint density at radius 2 is 1.83 bits per heavy atom. The smallest absolute Gasteiger partial charge is 0.350 e. The van der Waals surface area contributed by atoms with E-state index in [0.29, 0.717) is 22.9 Å². The van der Waals surface area contributed by atoms with E-state index in [-0.39, 0.29) is 19.2 Å². The van der Waals surface area contributed by atoms with Gasteiger partial charge in [0.2, 0.25) is 0 Å². The molecule has 2 aromatic rings. The standard InChI is InChI=1S/C22H25NO5S/c1-2-27-22(26)21-17(13-18(29-21)16-10-4-3-5-11-16)23-19(24)14-28-20(25)12-15-8-6-7-9-15/h3-5,10-11,13,15H,2,6-9,12,14H2,1H3,(H,23,24). The van der Waals surface area contributed by atoms with Gasteiger partial charge in [0.15, 0.2) is 6.61 Å². The summed E-state index contributed by atoms with van der Waals surface area (Å²) in [5, 5.41) is 2.68. The van der Waals surface area contributed by atoms with E-state index in [1.54, 1.807) is 13.0 Å². The van der Waals surface area contributed by atoms with Crippen molar-refractivity contribution in [2.45, 2.75) is 39.0 Å². The lowest BCUT2D eigenvalue weighted by atomic mass is 10.1. The fourth-order valence-electron chi connectivity index (χ4n) is 3.42. The molecule has 0 aliphatic heterocycles. The summed E-state index contributed by atoms with van der Waals surface area (Å²) in [4.78, 5) is 37.7. The van der Waals surface area contributed by atoms with Crippen molar-refractivity contribution < 1.29 is 23.9 Å². The number of thiophene rings is 1. The van der Waals surface area contributed by atoms with E-state index in [4.69, 9.17) is 9.47 Å². The zero-order chi connectivity index (χ0) is 20.6. The van der Waals surface area contributed by atoms with Gasteiger partial charge in [0.1, 0.15) is 4.88 Å². The molecule has 1 N–H and O–H groups in total. The van der Waals surface area contributed by atoms with Gasteiger partial charge < -0.3 is 14.8 Å². The highest BCUT2D eigenvalue weighted by atomic mass is 32.1. The van der Waals surface area contributed by atoms with Crippen molar-refractivity contribution >= 4 is 34.9 Å². The van der Waals surface area contributed by atoms with E-state index < -0.39 is 11.9 Å². The van der Waals surface area contributed by atoms with Crippen LogP contribution in [-0.2, 0) is 19.1 Å². The van der Waals surface area contributed by atoms with Gasteiger partial charge in [-0.05, 0) is 37.3 Å². The molecule has 1 aromatic heterocycles. The number of carbonyl (C=O) groups is 3. The summed E-state index contributed by atoms with van der Waals surface area (Å²) in [7, 11) is 0. The summed E-state index contributed by atoms with van der Waals surface area (Å²) in [6, 6.07) is 11.3. The van der Waals surface area contributed by atoms with Crippen LogP contribution in [0.5, 0.6) is 0 Å². The third-order valence-corrected chi connectivity index (χ3v) is 5.98. The van der Waals surface area contributed by atoms with E-state index in [1.807, 2.05) is 30.3 Å². The fraction of sp³-hybridized carbons (Fsp3) is 0.409. The van der Waals surface area contributed by atoms with Crippen molar-refractivity contribution in [3.05, 3.63) is 41.3 Å².